The average molecular weight is 272 g/mol. The first-order chi connectivity index (χ1) is 8.04. The van der Waals surface area contributed by atoms with Gasteiger partial charge in [-0.05, 0) is 24.6 Å². The molecule has 18 heavy (non-hydrogen) atoms. The second kappa shape index (κ2) is 4.37. The minimum atomic E-state index is -5.43. The number of methoxy groups -OCH3 is 1. The number of ether oxygens (including phenoxy) is 1. The molecule has 1 rings (SSSR count). The second-order valence-corrected chi connectivity index (χ2v) is 3.85. The molecule has 0 bridgehead atoms. The summed E-state index contributed by atoms with van der Waals surface area (Å²) in [5.74, 6) is 0.186. The molecule has 0 spiro atoms. The van der Waals surface area contributed by atoms with E-state index in [-0.39, 0.29) is 12.7 Å². The maximum absolute atomic E-state index is 12.7. The first-order valence-electron chi connectivity index (χ1n) is 4.82. The summed E-state index contributed by atoms with van der Waals surface area (Å²) in [6.45, 7) is 0.120. The number of hydrogen-bond acceptors (Lipinski definition) is 1. The van der Waals surface area contributed by atoms with Gasteiger partial charge in [0.05, 0.1) is 7.11 Å². The van der Waals surface area contributed by atoms with Crippen LogP contribution >= 0.6 is 0 Å². The Labute approximate surface area is 99.4 Å². The molecule has 1 aromatic carbocycles. The van der Waals surface area contributed by atoms with Crippen LogP contribution in [-0.4, -0.2) is 19.5 Å². The average Bonchev–Trinajstić information content (AvgIpc) is 2.25. The van der Waals surface area contributed by atoms with Crippen molar-refractivity contribution in [2.75, 3.05) is 7.11 Å². The number of halogens is 6. The predicted octanol–water partition coefficient (Wildman–Crippen LogP) is 4.08. The Hall–Kier alpha value is -1.40. The van der Waals surface area contributed by atoms with Crippen LogP contribution < -0.4 is 4.74 Å². The van der Waals surface area contributed by atoms with Crippen molar-refractivity contribution in [3.63, 3.8) is 0 Å². The summed E-state index contributed by atoms with van der Waals surface area (Å²) in [5, 5.41) is 0. The molecular formula is C11H10F6O. The Morgan fingerprint density at radius 3 is 1.50 bits per heavy atom. The Balaban J connectivity index is 3.36. The first kappa shape index (κ1) is 14.7. The topological polar surface area (TPSA) is 9.23 Å². The van der Waals surface area contributed by atoms with Crippen molar-refractivity contribution < 1.29 is 31.1 Å². The zero-order valence-corrected chi connectivity index (χ0v) is 9.49. The zero-order chi connectivity index (χ0) is 14.2. The van der Waals surface area contributed by atoms with Crippen molar-refractivity contribution in [3.05, 3.63) is 29.8 Å². The predicted molar refractivity (Wildman–Crippen MR) is 52.5 cm³/mol. The standard InChI is InChI=1S/C11H10F6O/c1-9(10(12,13)14,11(15,16)17)7-3-5-8(18-2)6-4-7/h3-6H,1-2H3. The molecule has 0 saturated heterocycles. The quantitative estimate of drug-likeness (QED) is 0.737. The fourth-order valence-corrected chi connectivity index (χ4v) is 1.41. The molecule has 102 valence electrons. The van der Waals surface area contributed by atoms with E-state index in [0.717, 1.165) is 24.3 Å². The normalized spacial score (nSPS) is 13.6. The molecule has 0 fully saturated rings. The molecule has 0 aliphatic rings. The van der Waals surface area contributed by atoms with E-state index >= 15 is 0 Å². The highest BCUT2D eigenvalue weighted by atomic mass is 19.4. The highest BCUT2D eigenvalue weighted by Crippen LogP contribution is 2.51. The van der Waals surface area contributed by atoms with Crippen LogP contribution in [0.2, 0.25) is 0 Å². The van der Waals surface area contributed by atoms with Crippen LogP contribution in [0.3, 0.4) is 0 Å². The van der Waals surface area contributed by atoms with Gasteiger partial charge in [-0.1, -0.05) is 12.1 Å². The third kappa shape index (κ3) is 2.26. The summed E-state index contributed by atoms with van der Waals surface area (Å²) in [5.41, 5.74) is -4.77. The lowest BCUT2D eigenvalue weighted by atomic mass is 9.81. The summed E-state index contributed by atoms with van der Waals surface area (Å²) in [7, 11) is 1.27. The lowest BCUT2D eigenvalue weighted by Gasteiger charge is -2.34. The van der Waals surface area contributed by atoms with Crippen LogP contribution in [0, 0.1) is 0 Å². The Morgan fingerprint density at radius 2 is 1.22 bits per heavy atom. The van der Waals surface area contributed by atoms with Gasteiger partial charge in [-0.3, -0.25) is 0 Å². The highest BCUT2D eigenvalue weighted by Gasteiger charge is 2.68. The summed E-state index contributed by atoms with van der Waals surface area (Å²) < 4.78 is 81.0. The molecule has 0 N–H and O–H groups in total. The lowest BCUT2D eigenvalue weighted by Crippen LogP contribution is -2.51. The summed E-state index contributed by atoms with van der Waals surface area (Å²) >= 11 is 0. The minimum absolute atomic E-state index is 0.120. The summed E-state index contributed by atoms with van der Waals surface area (Å²) in [6.07, 6.45) is -10.9. The smallest absolute Gasteiger partial charge is 0.406 e. The second-order valence-electron chi connectivity index (χ2n) is 3.85. The zero-order valence-electron chi connectivity index (χ0n) is 9.49. The Bertz CT molecular complexity index is 389. The van der Waals surface area contributed by atoms with Crippen LogP contribution in [0.15, 0.2) is 24.3 Å². The molecule has 0 amide bonds. The van der Waals surface area contributed by atoms with E-state index in [1.165, 1.54) is 7.11 Å². The third-order valence-corrected chi connectivity index (χ3v) is 2.80. The number of rotatable bonds is 2. The number of hydrogen-bond donors (Lipinski definition) is 0. The van der Waals surface area contributed by atoms with Crippen LogP contribution in [-0.2, 0) is 5.41 Å². The first-order valence-corrected chi connectivity index (χ1v) is 4.82. The molecule has 0 heterocycles. The number of benzene rings is 1. The maximum atomic E-state index is 12.7. The van der Waals surface area contributed by atoms with E-state index in [0.29, 0.717) is 0 Å². The van der Waals surface area contributed by atoms with Gasteiger partial charge in [0.1, 0.15) is 5.75 Å². The fraction of sp³-hybridized carbons (Fsp3) is 0.455. The molecule has 0 aliphatic carbocycles. The summed E-state index contributed by atoms with van der Waals surface area (Å²) in [4.78, 5) is 0. The van der Waals surface area contributed by atoms with Crippen LogP contribution in [0.5, 0.6) is 5.75 Å². The van der Waals surface area contributed by atoms with E-state index in [2.05, 4.69) is 0 Å². The van der Waals surface area contributed by atoms with Crippen molar-refractivity contribution in [1.29, 1.82) is 0 Å². The van der Waals surface area contributed by atoms with E-state index in [9.17, 15) is 26.3 Å². The SMILES string of the molecule is COc1ccc(C(C)(C(F)(F)F)C(F)(F)F)cc1. The minimum Gasteiger partial charge on any atom is -0.497 e. The molecule has 1 nitrogen and oxygen atoms in total. The van der Waals surface area contributed by atoms with E-state index in [4.69, 9.17) is 4.74 Å². The molecule has 0 saturated carbocycles. The lowest BCUT2D eigenvalue weighted by molar-refractivity contribution is -0.297. The van der Waals surface area contributed by atoms with Gasteiger partial charge in [0.25, 0.3) is 0 Å². The third-order valence-electron chi connectivity index (χ3n) is 2.80. The van der Waals surface area contributed by atoms with Gasteiger partial charge in [-0.15, -0.1) is 0 Å². The van der Waals surface area contributed by atoms with E-state index in [1.807, 2.05) is 0 Å². The molecular weight excluding hydrogens is 262 g/mol. The number of alkyl halides is 6. The largest absolute Gasteiger partial charge is 0.497 e. The molecule has 0 unspecified atom stereocenters. The Morgan fingerprint density at radius 1 is 0.833 bits per heavy atom. The van der Waals surface area contributed by atoms with Crippen LogP contribution in [0.4, 0.5) is 26.3 Å². The van der Waals surface area contributed by atoms with Gasteiger partial charge in [-0.25, -0.2) is 0 Å². The molecule has 1 aromatic rings. The van der Waals surface area contributed by atoms with Gasteiger partial charge < -0.3 is 4.74 Å². The van der Waals surface area contributed by atoms with Gasteiger partial charge in [0.15, 0.2) is 5.41 Å². The van der Waals surface area contributed by atoms with Gasteiger partial charge in [0, 0.05) is 0 Å². The van der Waals surface area contributed by atoms with Crippen LogP contribution in [0.1, 0.15) is 12.5 Å². The maximum Gasteiger partial charge on any atom is 0.406 e. The van der Waals surface area contributed by atoms with E-state index < -0.39 is 23.3 Å². The van der Waals surface area contributed by atoms with Crippen molar-refractivity contribution >= 4 is 0 Å². The van der Waals surface area contributed by atoms with Crippen molar-refractivity contribution in [2.45, 2.75) is 24.7 Å². The van der Waals surface area contributed by atoms with Crippen molar-refractivity contribution in [1.82, 2.24) is 0 Å². The van der Waals surface area contributed by atoms with Gasteiger partial charge >= 0.3 is 12.4 Å². The van der Waals surface area contributed by atoms with Gasteiger partial charge in [0.2, 0.25) is 0 Å². The Kier molecular flexibility index (Phi) is 3.56. The van der Waals surface area contributed by atoms with Crippen LogP contribution in [0.25, 0.3) is 0 Å². The monoisotopic (exact) mass is 272 g/mol. The highest BCUT2D eigenvalue weighted by molar-refractivity contribution is 5.34. The van der Waals surface area contributed by atoms with Crippen molar-refractivity contribution in [2.24, 2.45) is 0 Å². The van der Waals surface area contributed by atoms with Gasteiger partial charge in [-0.2, -0.15) is 26.3 Å². The molecule has 0 radical (unpaired) electrons. The molecule has 0 atom stereocenters. The molecule has 0 aliphatic heterocycles. The summed E-state index contributed by atoms with van der Waals surface area (Å²) in [6, 6.07) is 3.65. The fourth-order valence-electron chi connectivity index (χ4n) is 1.41. The van der Waals surface area contributed by atoms with Crippen molar-refractivity contribution in [3.8, 4) is 5.75 Å². The van der Waals surface area contributed by atoms with E-state index in [1.54, 1.807) is 0 Å². The molecule has 0 aromatic heterocycles. The molecule has 7 heteroatoms.